The zero-order valence-electron chi connectivity index (χ0n) is 19.6. The van der Waals surface area contributed by atoms with Crippen molar-refractivity contribution in [3.8, 4) is 22.5 Å². The lowest BCUT2D eigenvalue weighted by Gasteiger charge is -2.17. The van der Waals surface area contributed by atoms with Crippen LogP contribution in [0, 0.1) is 18.7 Å². The van der Waals surface area contributed by atoms with Crippen LogP contribution in [0.3, 0.4) is 0 Å². The molecule has 0 radical (unpaired) electrons. The first-order chi connectivity index (χ1) is 16.5. The molecule has 1 saturated carbocycles. The Morgan fingerprint density at radius 3 is 2.26 bits per heavy atom. The van der Waals surface area contributed by atoms with Crippen molar-refractivity contribution in [3.63, 3.8) is 0 Å². The number of aryl methyl sites for hydroxylation is 2. The second-order valence-corrected chi connectivity index (χ2v) is 9.84. The standard InChI is InChI=1S/C29H28FN3O/c1-18-15-25(23-13-14-33(17-23)29(34)22-7-8-22)27-26(16-18)32(2)28(31-27)21-5-3-19(4-6-21)20-9-11-24(30)12-10-20/h3-6,9-12,15-16,22-23H,7-8,13-14,17H2,1-2H3. The largest absolute Gasteiger partial charge is 0.342 e. The molecule has 1 amide bonds. The molecule has 2 fully saturated rings. The number of aromatic nitrogens is 2. The molecular formula is C29H28FN3O. The molecule has 4 nitrogen and oxygen atoms in total. The van der Waals surface area contributed by atoms with E-state index in [9.17, 15) is 9.18 Å². The molecule has 1 unspecified atom stereocenters. The highest BCUT2D eigenvalue weighted by Gasteiger charge is 2.37. The van der Waals surface area contributed by atoms with Crippen LogP contribution >= 0.6 is 0 Å². The maximum atomic E-state index is 13.3. The van der Waals surface area contributed by atoms with Crippen molar-refractivity contribution >= 4 is 16.9 Å². The number of nitrogens with zero attached hydrogens (tertiary/aromatic N) is 3. The third-order valence-electron chi connectivity index (χ3n) is 7.35. The number of benzene rings is 3. The van der Waals surface area contributed by atoms with Crippen molar-refractivity contribution in [2.75, 3.05) is 13.1 Å². The number of likely N-dealkylation sites (tertiary alicyclic amines) is 1. The number of hydrogen-bond donors (Lipinski definition) is 0. The SMILES string of the molecule is Cc1cc(C2CCN(C(=O)C3CC3)C2)c2nc(-c3ccc(-c4ccc(F)cc4)cc3)n(C)c2c1. The highest BCUT2D eigenvalue weighted by Crippen LogP contribution is 2.38. The molecule has 1 atom stereocenters. The molecule has 1 aliphatic heterocycles. The van der Waals surface area contributed by atoms with Crippen LogP contribution in [0.5, 0.6) is 0 Å². The van der Waals surface area contributed by atoms with Gasteiger partial charge < -0.3 is 9.47 Å². The third kappa shape index (κ3) is 3.69. The summed E-state index contributed by atoms with van der Waals surface area (Å²) in [5, 5.41) is 0. The molecule has 34 heavy (non-hydrogen) atoms. The van der Waals surface area contributed by atoms with Crippen molar-refractivity contribution in [2.24, 2.45) is 13.0 Å². The van der Waals surface area contributed by atoms with Gasteiger partial charge in [0.15, 0.2) is 0 Å². The van der Waals surface area contributed by atoms with Crippen LogP contribution in [0.4, 0.5) is 4.39 Å². The summed E-state index contributed by atoms with van der Waals surface area (Å²) in [6.45, 7) is 3.78. The molecule has 0 N–H and O–H groups in total. The lowest BCUT2D eigenvalue weighted by Crippen LogP contribution is -2.29. The fourth-order valence-corrected chi connectivity index (χ4v) is 5.29. The van der Waals surface area contributed by atoms with E-state index in [1.165, 1.54) is 23.3 Å². The third-order valence-corrected chi connectivity index (χ3v) is 7.35. The summed E-state index contributed by atoms with van der Waals surface area (Å²) in [6.07, 6.45) is 3.10. The molecule has 6 rings (SSSR count). The number of fused-ring (bicyclic) bond motifs is 1. The number of imidazole rings is 1. The predicted octanol–water partition coefficient (Wildman–Crippen LogP) is 6.08. The van der Waals surface area contributed by atoms with Gasteiger partial charge in [0.25, 0.3) is 0 Å². The first-order valence-corrected chi connectivity index (χ1v) is 12.1. The highest BCUT2D eigenvalue weighted by atomic mass is 19.1. The van der Waals surface area contributed by atoms with E-state index in [2.05, 4.69) is 59.8 Å². The normalized spacial score (nSPS) is 18.1. The van der Waals surface area contributed by atoms with Gasteiger partial charge in [-0.1, -0.05) is 42.5 Å². The molecule has 0 spiro atoms. The van der Waals surface area contributed by atoms with Crippen LogP contribution in [0.25, 0.3) is 33.5 Å². The van der Waals surface area contributed by atoms with E-state index >= 15 is 0 Å². The Bertz CT molecular complexity index is 1380. The van der Waals surface area contributed by atoms with Crippen molar-refractivity contribution in [1.29, 1.82) is 0 Å². The minimum atomic E-state index is -0.228. The summed E-state index contributed by atoms with van der Waals surface area (Å²) < 4.78 is 15.4. The van der Waals surface area contributed by atoms with Gasteiger partial charge in [0.2, 0.25) is 5.91 Å². The van der Waals surface area contributed by atoms with E-state index < -0.39 is 0 Å². The highest BCUT2D eigenvalue weighted by molar-refractivity contribution is 5.86. The van der Waals surface area contributed by atoms with Gasteiger partial charge in [-0.25, -0.2) is 9.37 Å². The smallest absolute Gasteiger partial charge is 0.225 e. The van der Waals surface area contributed by atoms with Crippen molar-refractivity contribution < 1.29 is 9.18 Å². The number of hydrogen-bond acceptors (Lipinski definition) is 2. The number of carbonyl (C=O) groups excluding carboxylic acids is 1. The number of carbonyl (C=O) groups is 1. The van der Waals surface area contributed by atoms with Gasteiger partial charge in [-0.15, -0.1) is 0 Å². The fourth-order valence-electron chi connectivity index (χ4n) is 5.29. The van der Waals surface area contributed by atoms with E-state index in [4.69, 9.17) is 4.98 Å². The van der Waals surface area contributed by atoms with Gasteiger partial charge in [0, 0.05) is 37.5 Å². The zero-order valence-corrected chi connectivity index (χ0v) is 19.6. The number of rotatable bonds is 4. The van der Waals surface area contributed by atoms with Crippen molar-refractivity contribution in [2.45, 2.75) is 32.1 Å². The second kappa shape index (κ2) is 8.08. The van der Waals surface area contributed by atoms with Crippen LogP contribution < -0.4 is 0 Å². The van der Waals surface area contributed by atoms with Crippen molar-refractivity contribution in [3.05, 3.63) is 77.6 Å². The summed E-state index contributed by atoms with van der Waals surface area (Å²) in [4.78, 5) is 19.8. The molecular weight excluding hydrogens is 425 g/mol. The van der Waals surface area contributed by atoms with Gasteiger partial charge >= 0.3 is 0 Å². The van der Waals surface area contributed by atoms with Gasteiger partial charge in [-0.2, -0.15) is 0 Å². The maximum Gasteiger partial charge on any atom is 0.225 e. The summed E-state index contributed by atoms with van der Waals surface area (Å²) in [5.74, 6) is 1.64. The van der Waals surface area contributed by atoms with E-state index in [1.54, 1.807) is 12.1 Å². The zero-order chi connectivity index (χ0) is 23.4. The fraction of sp³-hybridized carbons (Fsp3) is 0.310. The Hall–Kier alpha value is -3.47. The Morgan fingerprint density at radius 1 is 0.941 bits per heavy atom. The van der Waals surface area contributed by atoms with Gasteiger partial charge in [0.1, 0.15) is 11.6 Å². The van der Waals surface area contributed by atoms with E-state index in [0.717, 1.165) is 65.9 Å². The Balaban J connectivity index is 1.34. The first kappa shape index (κ1) is 21.1. The van der Waals surface area contributed by atoms with Crippen LogP contribution in [-0.4, -0.2) is 33.4 Å². The molecule has 0 bridgehead atoms. The first-order valence-electron chi connectivity index (χ1n) is 12.1. The molecule has 1 aliphatic carbocycles. The predicted molar refractivity (Wildman–Crippen MR) is 133 cm³/mol. The molecule has 172 valence electrons. The van der Waals surface area contributed by atoms with Gasteiger partial charge in [-0.3, -0.25) is 4.79 Å². The van der Waals surface area contributed by atoms with E-state index in [1.807, 2.05) is 0 Å². The summed E-state index contributed by atoms with van der Waals surface area (Å²) in [7, 11) is 2.07. The minimum Gasteiger partial charge on any atom is -0.342 e. The minimum absolute atomic E-state index is 0.228. The van der Waals surface area contributed by atoms with Crippen LogP contribution in [0.2, 0.25) is 0 Å². The summed E-state index contributed by atoms with van der Waals surface area (Å²) >= 11 is 0. The summed E-state index contributed by atoms with van der Waals surface area (Å²) in [6, 6.07) is 19.3. The average Bonchev–Trinajstić information content (AvgIpc) is 3.49. The van der Waals surface area contributed by atoms with Crippen LogP contribution in [0.1, 0.15) is 36.3 Å². The second-order valence-electron chi connectivity index (χ2n) is 9.84. The Kier molecular flexibility index (Phi) is 5.01. The molecule has 1 aromatic heterocycles. The van der Waals surface area contributed by atoms with Gasteiger partial charge in [-0.05, 0) is 66.6 Å². The monoisotopic (exact) mass is 453 g/mol. The molecule has 3 aromatic carbocycles. The molecule has 5 heteroatoms. The Labute approximate surface area is 199 Å². The number of amides is 1. The molecule has 2 aliphatic rings. The molecule has 4 aromatic rings. The van der Waals surface area contributed by atoms with Crippen LogP contribution in [0.15, 0.2) is 60.7 Å². The van der Waals surface area contributed by atoms with Crippen LogP contribution in [-0.2, 0) is 11.8 Å². The Morgan fingerprint density at radius 2 is 1.59 bits per heavy atom. The maximum absolute atomic E-state index is 13.3. The van der Waals surface area contributed by atoms with E-state index in [-0.39, 0.29) is 11.7 Å². The summed E-state index contributed by atoms with van der Waals surface area (Å²) in [5.41, 5.74) is 7.72. The lowest BCUT2D eigenvalue weighted by atomic mass is 9.95. The van der Waals surface area contributed by atoms with E-state index in [0.29, 0.717) is 11.8 Å². The molecule has 2 heterocycles. The molecule has 1 saturated heterocycles. The quantitative estimate of drug-likeness (QED) is 0.376. The van der Waals surface area contributed by atoms with Gasteiger partial charge in [0.05, 0.1) is 11.0 Å². The topological polar surface area (TPSA) is 38.1 Å². The lowest BCUT2D eigenvalue weighted by molar-refractivity contribution is -0.131. The average molecular weight is 454 g/mol. The number of halogens is 1. The van der Waals surface area contributed by atoms with Crippen molar-refractivity contribution in [1.82, 2.24) is 14.5 Å².